The van der Waals surface area contributed by atoms with E-state index in [1.54, 1.807) is 11.1 Å². The molecule has 2 unspecified atom stereocenters. The molecule has 0 N–H and O–H groups in total. The molecule has 0 fully saturated rings. The van der Waals surface area contributed by atoms with Crippen LogP contribution in [0.15, 0.2) is 133 Å². The van der Waals surface area contributed by atoms with Crippen LogP contribution in [-0.4, -0.2) is 39.6 Å². The van der Waals surface area contributed by atoms with Crippen LogP contribution in [0.3, 0.4) is 0 Å². The second kappa shape index (κ2) is 17.7. The third-order valence-corrected chi connectivity index (χ3v) is 18.0. The monoisotopic (exact) mass is 743 g/mol. The van der Waals surface area contributed by atoms with Crippen molar-refractivity contribution in [1.82, 2.24) is 2.89 Å². The summed E-state index contributed by atoms with van der Waals surface area (Å²) in [5.41, 5.74) is 8.44. The summed E-state index contributed by atoms with van der Waals surface area (Å²) >= 11 is 0.159. The second-order valence-corrected chi connectivity index (χ2v) is 18.3. The van der Waals surface area contributed by atoms with Gasteiger partial charge in [-0.3, -0.25) is 0 Å². The molecular formula is C40H44InNZr. The van der Waals surface area contributed by atoms with Gasteiger partial charge in [-0.05, 0) is 11.1 Å². The predicted octanol–water partition coefficient (Wildman–Crippen LogP) is 9.67. The van der Waals surface area contributed by atoms with Crippen LogP contribution >= 0.6 is 0 Å². The van der Waals surface area contributed by atoms with Gasteiger partial charge in [-0.15, -0.1) is 0 Å². The van der Waals surface area contributed by atoms with E-state index in [2.05, 4.69) is 152 Å². The second-order valence-electron chi connectivity index (χ2n) is 11.5. The molecule has 0 aromatic heterocycles. The zero-order valence-electron chi connectivity index (χ0n) is 26.3. The van der Waals surface area contributed by atoms with Crippen LogP contribution in [0.2, 0.25) is 0 Å². The Bertz CT molecular complexity index is 1400. The van der Waals surface area contributed by atoms with E-state index >= 15 is 0 Å². The molecule has 0 heterocycles. The summed E-state index contributed by atoms with van der Waals surface area (Å²) in [6.45, 7) is 9.04. The van der Waals surface area contributed by atoms with Crippen molar-refractivity contribution in [2.24, 2.45) is 0 Å². The number of benzene rings is 4. The summed E-state index contributed by atoms with van der Waals surface area (Å²) < 4.78 is 4.02. The van der Waals surface area contributed by atoms with Gasteiger partial charge in [0.25, 0.3) is 0 Å². The first-order chi connectivity index (χ1) is 20.9. The van der Waals surface area contributed by atoms with Gasteiger partial charge < -0.3 is 0 Å². The van der Waals surface area contributed by atoms with Crippen molar-refractivity contribution < 1.29 is 23.2 Å². The van der Waals surface area contributed by atoms with E-state index in [1.807, 2.05) is 36.4 Å². The topological polar surface area (TPSA) is 3.24 Å². The molecule has 0 saturated carbocycles. The normalized spacial score (nSPS) is 16.3. The molecule has 2 aliphatic carbocycles. The van der Waals surface area contributed by atoms with E-state index in [0.29, 0.717) is 24.7 Å². The van der Waals surface area contributed by atoms with Crippen LogP contribution in [-0.2, 0) is 23.2 Å². The molecule has 3 heteroatoms. The molecule has 43 heavy (non-hydrogen) atoms. The summed E-state index contributed by atoms with van der Waals surface area (Å²) in [4.78, 5) is 0. The molecule has 2 atom stereocenters. The minimum atomic E-state index is -0.542. The van der Waals surface area contributed by atoms with Crippen molar-refractivity contribution in [3.05, 3.63) is 167 Å². The van der Waals surface area contributed by atoms with Gasteiger partial charge in [-0.25, -0.2) is 0 Å². The Morgan fingerprint density at radius 1 is 0.558 bits per heavy atom. The van der Waals surface area contributed by atoms with E-state index in [1.165, 1.54) is 22.3 Å². The molecule has 2 aliphatic rings. The summed E-state index contributed by atoms with van der Waals surface area (Å²) in [6.07, 6.45) is 17.8. The molecule has 0 saturated heterocycles. The molecular weight excluding hydrogens is 700 g/mol. The molecule has 0 amide bonds. The first kappa shape index (κ1) is 33.4. The first-order valence-electron chi connectivity index (χ1n) is 15.4. The SMILES string of the molecule is C(C=Cc1ccccc1)=Cc1ccccc1.C1=C[CH]([Zr][CH]2C=Cc3ccccc32)c2ccccc21.CC(C)[N]([InH2])C(C)C. The number of rotatable bonds is 7. The van der Waals surface area contributed by atoms with E-state index in [0.717, 1.165) is 19.3 Å². The van der Waals surface area contributed by atoms with Gasteiger partial charge in [-0.2, -0.15) is 0 Å². The van der Waals surface area contributed by atoms with Crippen molar-refractivity contribution in [2.75, 3.05) is 0 Å². The Kier molecular flexibility index (Phi) is 13.8. The number of nitrogens with zero attached hydrogens (tertiary/aromatic N) is 1. The first-order valence-corrected chi connectivity index (χ1v) is 20.8. The quantitative estimate of drug-likeness (QED) is 0.171. The number of fused-ring (bicyclic) bond motifs is 2. The summed E-state index contributed by atoms with van der Waals surface area (Å²) in [5, 5.41) is 0. The van der Waals surface area contributed by atoms with Crippen LogP contribution < -0.4 is 0 Å². The fourth-order valence-corrected chi connectivity index (χ4v) is 9.19. The van der Waals surface area contributed by atoms with Gasteiger partial charge in [-0.1, -0.05) is 85.0 Å². The van der Waals surface area contributed by atoms with E-state index in [9.17, 15) is 0 Å². The third-order valence-electron chi connectivity index (χ3n) is 7.87. The van der Waals surface area contributed by atoms with Crippen molar-refractivity contribution in [2.45, 2.75) is 47.0 Å². The fourth-order valence-electron chi connectivity index (χ4n) is 5.04. The zero-order valence-corrected chi connectivity index (χ0v) is 34.4. The van der Waals surface area contributed by atoms with Crippen molar-refractivity contribution in [3.8, 4) is 0 Å². The van der Waals surface area contributed by atoms with Crippen LogP contribution in [0.5, 0.6) is 0 Å². The summed E-state index contributed by atoms with van der Waals surface area (Å²) in [7, 11) is 0. The van der Waals surface area contributed by atoms with Gasteiger partial charge in [0.2, 0.25) is 0 Å². The number of hydrogen-bond donors (Lipinski definition) is 0. The average molecular weight is 745 g/mol. The van der Waals surface area contributed by atoms with Gasteiger partial charge in [0.1, 0.15) is 0 Å². The van der Waals surface area contributed by atoms with Crippen molar-refractivity contribution in [1.29, 1.82) is 0 Å². The predicted molar refractivity (Wildman–Crippen MR) is 188 cm³/mol. The molecule has 0 spiro atoms. The molecule has 216 valence electrons. The van der Waals surface area contributed by atoms with Crippen molar-refractivity contribution in [3.63, 3.8) is 0 Å². The summed E-state index contributed by atoms with van der Waals surface area (Å²) in [5.74, 6) is 0. The average Bonchev–Trinajstić information content (AvgIpc) is 3.65. The molecule has 4 aromatic rings. The molecule has 0 radical (unpaired) electrons. The minimum absolute atomic E-state index is 0.542. The third kappa shape index (κ3) is 10.6. The standard InChI is InChI=1S/C16H14.2C9H7.C6H14N.In.Zr.2H/c1-3-9-15(10-4-1)13-7-8-14-16-11-5-2-6-12-16;2*1-2-5-9-7-3-6-8(9)4-1;1-5(2)7-6(3)4;;;;/h1-14H;2*1-7H;5-6H,1-4H3;;;;/q;;;-1;+1;;;. The van der Waals surface area contributed by atoms with Crippen LogP contribution in [0.25, 0.3) is 24.3 Å². The molecule has 1 nitrogen and oxygen atoms in total. The zero-order chi connectivity index (χ0) is 30.4. The Morgan fingerprint density at radius 2 is 0.930 bits per heavy atom. The molecule has 0 bridgehead atoms. The van der Waals surface area contributed by atoms with E-state index in [-0.39, 0.29) is 0 Å². The van der Waals surface area contributed by atoms with Gasteiger partial charge in [0.15, 0.2) is 0 Å². The Labute approximate surface area is 286 Å². The Morgan fingerprint density at radius 3 is 1.30 bits per heavy atom. The van der Waals surface area contributed by atoms with Gasteiger partial charge in [0.05, 0.1) is 0 Å². The van der Waals surface area contributed by atoms with E-state index < -0.39 is 23.2 Å². The molecule has 6 rings (SSSR count). The number of allylic oxidation sites excluding steroid dienone is 4. The molecule has 0 aliphatic heterocycles. The van der Waals surface area contributed by atoms with Gasteiger partial charge in [0, 0.05) is 0 Å². The van der Waals surface area contributed by atoms with Gasteiger partial charge >= 0.3 is 193 Å². The summed E-state index contributed by atoms with van der Waals surface area (Å²) in [6, 6.07) is 39.9. The van der Waals surface area contributed by atoms with Crippen LogP contribution in [0.1, 0.15) is 68.3 Å². The van der Waals surface area contributed by atoms with Crippen molar-refractivity contribution >= 4 is 49.0 Å². The number of hydrogen-bond acceptors (Lipinski definition) is 1. The Hall–Kier alpha value is -2.45. The van der Waals surface area contributed by atoms with Crippen LogP contribution in [0, 0.1) is 0 Å². The van der Waals surface area contributed by atoms with Crippen LogP contribution in [0.4, 0.5) is 0 Å². The molecule has 4 aromatic carbocycles. The van der Waals surface area contributed by atoms with E-state index in [4.69, 9.17) is 0 Å². The maximum atomic E-state index is 2.54. The maximum absolute atomic E-state index is 2.54. The fraction of sp³-hybridized carbons (Fsp3) is 0.200. The Balaban J connectivity index is 0.000000161.